The molecule has 9 nitrogen and oxygen atoms in total. The smallest absolute Gasteiger partial charge is 0.228 e. The third-order valence-corrected chi connectivity index (χ3v) is 7.39. The van der Waals surface area contributed by atoms with Gasteiger partial charge in [0.25, 0.3) is 0 Å². The minimum Gasteiger partial charge on any atom is -0.368 e. The van der Waals surface area contributed by atoms with Crippen molar-refractivity contribution in [3.05, 3.63) is 42.4 Å². The summed E-state index contributed by atoms with van der Waals surface area (Å²) in [6.07, 6.45) is 3.66. The fourth-order valence-electron chi connectivity index (χ4n) is 4.10. The lowest BCUT2D eigenvalue weighted by molar-refractivity contribution is 0.552. The highest BCUT2D eigenvalue weighted by Crippen LogP contribution is 2.27. The number of hydrogen-bond donors (Lipinski definition) is 1. The molecule has 0 saturated carbocycles. The normalized spacial score (nSPS) is 16.2. The first-order chi connectivity index (χ1) is 15.3. The van der Waals surface area contributed by atoms with Crippen LogP contribution >= 0.6 is 0 Å². The van der Waals surface area contributed by atoms with Crippen molar-refractivity contribution in [2.45, 2.75) is 26.8 Å². The SMILES string of the molecule is Cc1nc(Nc2ncc3ccc4cnn(C(C)C)c4c3n2)ccc1N1CCS(=O)(=O)CC1. The van der Waals surface area contributed by atoms with Crippen molar-refractivity contribution in [1.82, 2.24) is 24.7 Å². The van der Waals surface area contributed by atoms with E-state index in [0.29, 0.717) is 24.9 Å². The maximum atomic E-state index is 11.7. The summed E-state index contributed by atoms with van der Waals surface area (Å²) in [6.45, 7) is 7.10. The van der Waals surface area contributed by atoms with Crippen molar-refractivity contribution in [2.75, 3.05) is 34.8 Å². The Labute approximate surface area is 186 Å². The van der Waals surface area contributed by atoms with Gasteiger partial charge in [0.1, 0.15) is 11.3 Å². The molecule has 1 N–H and O–H groups in total. The fourth-order valence-corrected chi connectivity index (χ4v) is 5.30. The average molecular weight is 452 g/mol. The molecule has 32 heavy (non-hydrogen) atoms. The van der Waals surface area contributed by atoms with Crippen LogP contribution in [-0.4, -0.2) is 57.7 Å². The van der Waals surface area contributed by atoms with Gasteiger partial charge in [-0.2, -0.15) is 5.10 Å². The van der Waals surface area contributed by atoms with E-state index in [0.717, 1.165) is 33.2 Å². The van der Waals surface area contributed by atoms with E-state index >= 15 is 0 Å². The van der Waals surface area contributed by atoms with Gasteiger partial charge in [-0.3, -0.25) is 4.68 Å². The maximum absolute atomic E-state index is 11.7. The second-order valence-electron chi connectivity index (χ2n) is 8.38. The second kappa shape index (κ2) is 7.70. The van der Waals surface area contributed by atoms with Gasteiger partial charge in [0.2, 0.25) is 5.95 Å². The molecule has 0 aliphatic carbocycles. The zero-order valence-corrected chi connectivity index (χ0v) is 19.1. The quantitative estimate of drug-likeness (QED) is 0.504. The van der Waals surface area contributed by atoms with Crippen LogP contribution in [0.4, 0.5) is 17.5 Å². The third-order valence-electron chi connectivity index (χ3n) is 5.78. The first kappa shape index (κ1) is 20.6. The molecule has 3 aromatic heterocycles. The number of nitrogens with one attached hydrogen (secondary N) is 1. The number of nitrogens with zero attached hydrogens (tertiary/aromatic N) is 6. The van der Waals surface area contributed by atoms with Crippen LogP contribution in [0.3, 0.4) is 0 Å². The third kappa shape index (κ3) is 3.75. The molecule has 0 bridgehead atoms. The maximum Gasteiger partial charge on any atom is 0.228 e. The van der Waals surface area contributed by atoms with Gasteiger partial charge >= 0.3 is 0 Å². The number of rotatable bonds is 4. The fraction of sp³-hybridized carbons (Fsp3) is 0.364. The Kier molecular flexibility index (Phi) is 4.96. The standard InChI is InChI=1S/C22H25N7O2S/c1-14(2)29-21-17(13-24-29)5-4-16-12-23-22(27-20(16)21)26-19-7-6-18(15(3)25-19)28-8-10-32(30,31)11-9-28/h4-7,12-14H,8-11H2,1-3H3,(H,23,25,26,27). The molecule has 0 spiro atoms. The van der Waals surface area contributed by atoms with Crippen molar-refractivity contribution >= 4 is 49.1 Å². The molecule has 0 atom stereocenters. The summed E-state index contributed by atoms with van der Waals surface area (Å²) in [6, 6.07) is 8.10. The number of anilines is 3. The molecule has 1 aromatic carbocycles. The highest BCUT2D eigenvalue weighted by atomic mass is 32.2. The summed E-state index contributed by atoms with van der Waals surface area (Å²) < 4.78 is 25.4. The molecular formula is C22H25N7O2S. The molecule has 10 heteroatoms. The molecule has 4 heterocycles. The van der Waals surface area contributed by atoms with E-state index in [1.54, 1.807) is 6.20 Å². The number of sulfone groups is 1. The molecule has 1 aliphatic rings. The largest absolute Gasteiger partial charge is 0.368 e. The summed E-state index contributed by atoms with van der Waals surface area (Å²) in [5.74, 6) is 1.46. The van der Waals surface area contributed by atoms with Crippen molar-refractivity contribution in [3.8, 4) is 0 Å². The number of fused-ring (bicyclic) bond motifs is 3. The van der Waals surface area contributed by atoms with Crippen LogP contribution in [0.5, 0.6) is 0 Å². The predicted octanol–water partition coefficient (Wildman–Crippen LogP) is 3.24. The number of hydrogen-bond acceptors (Lipinski definition) is 8. The summed E-state index contributed by atoms with van der Waals surface area (Å²) >= 11 is 0. The molecular weight excluding hydrogens is 426 g/mol. The van der Waals surface area contributed by atoms with Crippen molar-refractivity contribution < 1.29 is 8.42 Å². The van der Waals surface area contributed by atoms with Gasteiger partial charge in [-0.1, -0.05) is 12.1 Å². The van der Waals surface area contributed by atoms with Crippen molar-refractivity contribution in [3.63, 3.8) is 0 Å². The average Bonchev–Trinajstić information content (AvgIpc) is 3.19. The van der Waals surface area contributed by atoms with Crippen molar-refractivity contribution in [1.29, 1.82) is 0 Å². The Hall–Kier alpha value is -3.27. The molecule has 5 rings (SSSR count). The van der Waals surface area contributed by atoms with Gasteiger partial charge in [0.05, 0.1) is 34.6 Å². The molecule has 0 amide bonds. The van der Waals surface area contributed by atoms with Crippen LogP contribution in [0, 0.1) is 6.92 Å². The molecule has 166 valence electrons. The van der Waals surface area contributed by atoms with Gasteiger partial charge < -0.3 is 10.2 Å². The predicted molar refractivity (Wildman–Crippen MR) is 126 cm³/mol. The number of aryl methyl sites for hydroxylation is 1. The molecule has 0 unspecified atom stereocenters. The Balaban J connectivity index is 1.45. The first-order valence-electron chi connectivity index (χ1n) is 10.6. The molecule has 1 saturated heterocycles. The molecule has 0 radical (unpaired) electrons. The van der Waals surface area contributed by atoms with Gasteiger partial charge in [0.15, 0.2) is 9.84 Å². The topological polar surface area (TPSA) is 106 Å². The minimum atomic E-state index is -2.92. The lowest BCUT2D eigenvalue weighted by Gasteiger charge is -2.29. The zero-order chi connectivity index (χ0) is 22.5. The summed E-state index contributed by atoms with van der Waals surface area (Å²) in [5, 5.41) is 9.71. The van der Waals surface area contributed by atoms with E-state index in [1.165, 1.54) is 0 Å². The van der Waals surface area contributed by atoms with Gasteiger partial charge in [-0.15, -0.1) is 0 Å². The Morgan fingerprint density at radius 3 is 2.47 bits per heavy atom. The van der Waals surface area contributed by atoms with E-state index in [1.807, 2.05) is 42.1 Å². The Bertz CT molecular complexity index is 1420. The molecule has 1 aliphatic heterocycles. The van der Waals surface area contributed by atoms with Crippen LogP contribution in [0.25, 0.3) is 21.8 Å². The van der Waals surface area contributed by atoms with Crippen LogP contribution in [-0.2, 0) is 9.84 Å². The van der Waals surface area contributed by atoms with Crippen LogP contribution < -0.4 is 10.2 Å². The van der Waals surface area contributed by atoms with E-state index in [2.05, 4.69) is 39.1 Å². The molecule has 1 fully saturated rings. The summed E-state index contributed by atoms with van der Waals surface area (Å²) in [7, 11) is -2.92. The highest BCUT2D eigenvalue weighted by Gasteiger charge is 2.23. The lowest BCUT2D eigenvalue weighted by Crippen LogP contribution is -2.40. The minimum absolute atomic E-state index is 0.179. The lowest BCUT2D eigenvalue weighted by atomic mass is 10.2. The Morgan fingerprint density at radius 2 is 1.75 bits per heavy atom. The number of benzene rings is 1. The van der Waals surface area contributed by atoms with E-state index < -0.39 is 9.84 Å². The van der Waals surface area contributed by atoms with E-state index in [-0.39, 0.29) is 17.5 Å². The summed E-state index contributed by atoms with van der Waals surface area (Å²) in [5.41, 5.74) is 3.61. The Morgan fingerprint density at radius 1 is 1.00 bits per heavy atom. The van der Waals surface area contributed by atoms with Crippen LogP contribution in [0.1, 0.15) is 25.6 Å². The van der Waals surface area contributed by atoms with Crippen LogP contribution in [0.2, 0.25) is 0 Å². The van der Waals surface area contributed by atoms with Crippen molar-refractivity contribution in [2.24, 2.45) is 0 Å². The van der Waals surface area contributed by atoms with Gasteiger partial charge in [0, 0.05) is 36.1 Å². The van der Waals surface area contributed by atoms with Gasteiger partial charge in [-0.05, 0) is 32.9 Å². The first-order valence-corrected chi connectivity index (χ1v) is 12.5. The summed E-state index contributed by atoms with van der Waals surface area (Å²) in [4.78, 5) is 16.0. The van der Waals surface area contributed by atoms with Gasteiger partial charge in [-0.25, -0.2) is 23.4 Å². The van der Waals surface area contributed by atoms with E-state index in [9.17, 15) is 8.42 Å². The zero-order valence-electron chi connectivity index (χ0n) is 18.3. The monoisotopic (exact) mass is 451 g/mol. The van der Waals surface area contributed by atoms with E-state index in [4.69, 9.17) is 4.98 Å². The van der Waals surface area contributed by atoms with Crippen LogP contribution in [0.15, 0.2) is 36.7 Å². The number of pyridine rings is 1. The molecule has 4 aromatic rings. The second-order valence-corrected chi connectivity index (χ2v) is 10.7. The highest BCUT2D eigenvalue weighted by molar-refractivity contribution is 7.91. The number of aromatic nitrogens is 5.